The fourth-order valence-electron chi connectivity index (χ4n) is 1.16. The van der Waals surface area contributed by atoms with Gasteiger partial charge in [0, 0.05) is 21.4 Å². The van der Waals surface area contributed by atoms with Crippen molar-refractivity contribution in [3.8, 4) is 10.4 Å². The Balaban J connectivity index is 2.33. The summed E-state index contributed by atoms with van der Waals surface area (Å²) in [6.45, 7) is 2.02. The Hall–Kier alpha value is -0.640. The fourth-order valence-corrected chi connectivity index (χ4v) is 2.84. The minimum absolute atomic E-state index is 0.150. The topological polar surface area (TPSA) is 26.0 Å². The summed E-state index contributed by atoms with van der Waals surface area (Å²) >= 11 is 3.51. The molecule has 0 spiro atoms. The van der Waals surface area contributed by atoms with Gasteiger partial charge >= 0.3 is 0 Å². The van der Waals surface area contributed by atoms with Crippen LogP contribution in [0.3, 0.4) is 0 Å². The van der Waals surface area contributed by atoms with Gasteiger partial charge < -0.3 is 5.73 Å². The van der Waals surface area contributed by atoms with Crippen LogP contribution in [-0.2, 0) is 0 Å². The van der Waals surface area contributed by atoms with Crippen LogP contribution in [0.4, 0.5) is 0 Å². The number of thiophene rings is 2. The van der Waals surface area contributed by atoms with Gasteiger partial charge in [-0.3, -0.25) is 0 Å². The summed E-state index contributed by atoms with van der Waals surface area (Å²) < 4.78 is 0. The second kappa shape index (κ2) is 3.62. The summed E-state index contributed by atoms with van der Waals surface area (Å²) in [5, 5.41) is 4.26. The lowest BCUT2D eigenvalue weighted by Crippen LogP contribution is -2.01. The van der Waals surface area contributed by atoms with E-state index in [-0.39, 0.29) is 6.04 Å². The van der Waals surface area contributed by atoms with E-state index in [9.17, 15) is 0 Å². The normalized spacial score (nSPS) is 13.1. The lowest BCUT2D eigenvalue weighted by molar-refractivity contribution is 0.838. The van der Waals surface area contributed by atoms with Crippen LogP contribution < -0.4 is 5.73 Å². The highest BCUT2D eigenvalue weighted by atomic mass is 32.1. The van der Waals surface area contributed by atoms with Crippen molar-refractivity contribution < 1.29 is 0 Å². The van der Waals surface area contributed by atoms with Crippen LogP contribution in [0.2, 0.25) is 0 Å². The Morgan fingerprint density at radius 2 is 2.15 bits per heavy atom. The Kier molecular flexibility index (Phi) is 2.49. The quantitative estimate of drug-likeness (QED) is 0.805. The third-order valence-electron chi connectivity index (χ3n) is 1.88. The van der Waals surface area contributed by atoms with Gasteiger partial charge in [-0.1, -0.05) is 0 Å². The first-order valence-electron chi connectivity index (χ1n) is 4.15. The van der Waals surface area contributed by atoms with Gasteiger partial charge in [0.05, 0.1) is 0 Å². The molecule has 0 saturated heterocycles. The predicted molar refractivity (Wildman–Crippen MR) is 60.2 cm³/mol. The number of rotatable bonds is 2. The summed E-state index contributed by atoms with van der Waals surface area (Å²) in [4.78, 5) is 2.56. The van der Waals surface area contributed by atoms with Gasteiger partial charge in [-0.15, -0.1) is 11.3 Å². The first-order valence-corrected chi connectivity index (χ1v) is 5.91. The molecule has 0 aliphatic rings. The molecule has 0 amide bonds. The van der Waals surface area contributed by atoms with E-state index in [1.165, 1.54) is 15.3 Å². The molecule has 2 heterocycles. The van der Waals surface area contributed by atoms with Gasteiger partial charge in [0.25, 0.3) is 0 Å². The van der Waals surface area contributed by atoms with Crippen LogP contribution >= 0.6 is 22.7 Å². The molecule has 0 aliphatic carbocycles. The standard InChI is InChI=1S/C10H11NS2/c1-7(11)9-2-3-10(13-9)8-4-5-12-6-8/h2-7H,11H2,1H3. The van der Waals surface area contributed by atoms with E-state index >= 15 is 0 Å². The van der Waals surface area contributed by atoms with E-state index in [1.54, 1.807) is 22.7 Å². The van der Waals surface area contributed by atoms with Gasteiger partial charge in [-0.2, -0.15) is 11.3 Å². The maximum atomic E-state index is 5.79. The highest BCUT2D eigenvalue weighted by Crippen LogP contribution is 2.31. The van der Waals surface area contributed by atoms with Crippen LogP contribution in [0.25, 0.3) is 10.4 Å². The second-order valence-electron chi connectivity index (χ2n) is 3.00. The van der Waals surface area contributed by atoms with Crippen LogP contribution in [-0.4, -0.2) is 0 Å². The smallest absolute Gasteiger partial charge is 0.0361 e. The molecule has 0 bridgehead atoms. The molecule has 2 aromatic heterocycles. The molecule has 2 rings (SSSR count). The zero-order valence-electron chi connectivity index (χ0n) is 7.36. The van der Waals surface area contributed by atoms with E-state index < -0.39 is 0 Å². The monoisotopic (exact) mass is 209 g/mol. The molecular weight excluding hydrogens is 198 g/mol. The molecule has 2 N–H and O–H groups in total. The van der Waals surface area contributed by atoms with Gasteiger partial charge in [-0.25, -0.2) is 0 Å². The molecule has 1 unspecified atom stereocenters. The summed E-state index contributed by atoms with van der Waals surface area (Å²) in [7, 11) is 0. The third kappa shape index (κ3) is 1.82. The average Bonchev–Trinajstić information content (AvgIpc) is 2.75. The molecule has 0 aliphatic heterocycles. The Bertz CT molecular complexity index is 373. The number of hydrogen-bond donors (Lipinski definition) is 1. The van der Waals surface area contributed by atoms with Crippen molar-refractivity contribution in [1.29, 1.82) is 0 Å². The van der Waals surface area contributed by atoms with Gasteiger partial charge in [0.1, 0.15) is 0 Å². The van der Waals surface area contributed by atoms with Gasteiger partial charge in [-0.05, 0) is 35.9 Å². The minimum Gasteiger partial charge on any atom is -0.324 e. The Morgan fingerprint density at radius 3 is 2.69 bits per heavy atom. The van der Waals surface area contributed by atoms with Crippen molar-refractivity contribution in [2.24, 2.45) is 5.73 Å². The lowest BCUT2D eigenvalue weighted by atomic mass is 10.2. The van der Waals surface area contributed by atoms with Crippen molar-refractivity contribution >= 4 is 22.7 Å². The SMILES string of the molecule is CC(N)c1ccc(-c2ccsc2)s1. The average molecular weight is 209 g/mol. The second-order valence-corrected chi connectivity index (χ2v) is 4.90. The third-order valence-corrected chi connectivity index (χ3v) is 3.90. The first-order chi connectivity index (χ1) is 6.27. The highest BCUT2D eigenvalue weighted by Gasteiger charge is 2.05. The van der Waals surface area contributed by atoms with E-state index in [1.807, 2.05) is 6.92 Å². The molecule has 1 nitrogen and oxygen atoms in total. The number of hydrogen-bond acceptors (Lipinski definition) is 3. The van der Waals surface area contributed by atoms with Crippen LogP contribution in [0.1, 0.15) is 17.8 Å². The summed E-state index contributed by atoms with van der Waals surface area (Å²) in [6, 6.07) is 6.55. The molecule has 13 heavy (non-hydrogen) atoms. The summed E-state index contributed by atoms with van der Waals surface area (Å²) in [6.07, 6.45) is 0. The van der Waals surface area contributed by atoms with Crippen molar-refractivity contribution in [2.75, 3.05) is 0 Å². The van der Waals surface area contributed by atoms with Gasteiger partial charge in [0.2, 0.25) is 0 Å². The van der Waals surface area contributed by atoms with Crippen LogP contribution in [0.5, 0.6) is 0 Å². The Morgan fingerprint density at radius 1 is 1.31 bits per heavy atom. The summed E-state index contributed by atoms with van der Waals surface area (Å²) in [5.41, 5.74) is 7.10. The molecule has 1 atom stereocenters. The first kappa shape index (κ1) is 8.94. The zero-order chi connectivity index (χ0) is 9.26. The highest BCUT2D eigenvalue weighted by molar-refractivity contribution is 7.16. The largest absolute Gasteiger partial charge is 0.324 e. The molecule has 68 valence electrons. The van der Waals surface area contributed by atoms with Crippen LogP contribution in [0, 0.1) is 0 Å². The fraction of sp³-hybridized carbons (Fsp3) is 0.200. The van der Waals surface area contributed by atoms with Crippen molar-refractivity contribution in [1.82, 2.24) is 0 Å². The van der Waals surface area contributed by atoms with Crippen molar-refractivity contribution in [3.05, 3.63) is 33.8 Å². The lowest BCUT2D eigenvalue weighted by Gasteiger charge is -1.97. The molecule has 0 fully saturated rings. The molecule has 0 saturated carbocycles. The minimum atomic E-state index is 0.150. The van der Waals surface area contributed by atoms with Crippen LogP contribution in [0.15, 0.2) is 29.0 Å². The van der Waals surface area contributed by atoms with Gasteiger partial charge in [0.15, 0.2) is 0 Å². The molecule has 0 radical (unpaired) electrons. The predicted octanol–water partition coefficient (Wildman–Crippen LogP) is 3.50. The molecular formula is C10H11NS2. The van der Waals surface area contributed by atoms with E-state index in [2.05, 4.69) is 29.0 Å². The van der Waals surface area contributed by atoms with E-state index in [0.29, 0.717) is 0 Å². The zero-order valence-corrected chi connectivity index (χ0v) is 8.99. The molecule has 0 aromatic carbocycles. The number of nitrogens with two attached hydrogens (primary N) is 1. The Labute approximate surface area is 85.8 Å². The molecule has 2 aromatic rings. The van der Waals surface area contributed by atoms with Crippen molar-refractivity contribution in [2.45, 2.75) is 13.0 Å². The maximum absolute atomic E-state index is 5.79. The van der Waals surface area contributed by atoms with E-state index in [4.69, 9.17) is 5.73 Å². The summed E-state index contributed by atoms with van der Waals surface area (Å²) in [5.74, 6) is 0. The van der Waals surface area contributed by atoms with Crippen molar-refractivity contribution in [3.63, 3.8) is 0 Å². The molecule has 3 heteroatoms. The van der Waals surface area contributed by atoms with E-state index in [0.717, 1.165) is 0 Å². The maximum Gasteiger partial charge on any atom is 0.0361 e.